The minimum Gasteiger partial charge on any atom is -0.381 e. The molecule has 102 valence electrons. The fraction of sp³-hybridized carbons (Fsp3) is 0.176. The molecule has 0 aromatic heterocycles. The molecule has 2 rings (SSSR count). The van der Waals surface area contributed by atoms with E-state index in [-0.39, 0.29) is 0 Å². The molecule has 0 atom stereocenters. The molecule has 0 aliphatic rings. The lowest BCUT2D eigenvalue weighted by molar-refractivity contribution is 1.15. The third kappa shape index (κ3) is 4.05. The van der Waals surface area contributed by atoms with E-state index >= 15 is 0 Å². The third-order valence-corrected chi connectivity index (χ3v) is 2.87. The average Bonchev–Trinajstić information content (AvgIpc) is 2.47. The van der Waals surface area contributed by atoms with Crippen LogP contribution < -0.4 is 5.32 Å². The van der Waals surface area contributed by atoms with Gasteiger partial charge in [-0.05, 0) is 34.9 Å². The first-order valence-corrected chi connectivity index (χ1v) is 6.59. The van der Waals surface area contributed by atoms with E-state index in [1.54, 1.807) is 14.1 Å². The van der Waals surface area contributed by atoms with Crippen molar-refractivity contribution in [1.82, 2.24) is 0 Å². The first kappa shape index (κ1) is 14.0. The lowest BCUT2D eigenvalue weighted by atomic mass is 10.1. The highest BCUT2D eigenvalue weighted by molar-refractivity contribution is 5.88. The number of nitrogens with one attached hydrogen (secondary N) is 1. The molecule has 0 spiro atoms. The summed E-state index contributed by atoms with van der Waals surface area (Å²) in [5.41, 5.74) is 4.47. The smallest absolute Gasteiger partial charge is 0.0400 e. The van der Waals surface area contributed by atoms with Crippen LogP contribution in [0.5, 0.6) is 0 Å². The standard InChI is InChI=1S/C17H19N3/c1-18-11-15-8-16(12-19-2)10-17(9-15)20-13-14-6-4-3-5-7-14/h3-12,20H,13H2,1-2H3. The van der Waals surface area contributed by atoms with E-state index in [0.717, 1.165) is 23.4 Å². The van der Waals surface area contributed by atoms with Gasteiger partial charge in [-0.25, -0.2) is 0 Å². The molecule has 0 saturated carbocycles. The van der Waals surface area contributed by atoms with Gasteiger partial charge in [-0.2, -0.15) is 0 Å². The summed E-state index contributed by atoms with van der Waals surface area (Å²) in [6, 6.07) is 16.6. The van der Waals surface area contributed by atoms with Gasteiger partial charge in [0.25, 0.3) is 0 Å². The van der Waals surface area contributed by atoms with E-state index in [4.69, 9.17) is 0 Å². The number of rotatable bonds is 5. The molecule has 3 nitrogen and oxygen atoms in total. The quantitative estimate of drug-likeness (QED) is 0.826. The zero-order chi connectivity index (χ0) is 14.2. The van der Waals surface area contributed by atoms with Gasteiger partial charge in [-0.15, -0.1) is 0 Å². The average molecular weight is 265 g/mol. The summed E-state index contributed by atoms with van der Waals surface area (Å²) in [6.45, 7) is 0.802. The second-order valence-electron chi connectivity index (χ2n) is 4.50. The molecule has 0 heterocycles. The third-order valence-electron chi connectivity index (χ3n) is 2.87. The molecule has 20 heavy (non-hydrogen) atoms. The molecule has 0 aliphatic carbocycles. The van der Waals surface area contributed by atoms with E-state index in [2.05, 4.69) is 45.6 Å². The minimum atomic E-state index is 0.802. The Hall–Kier alpha value is -2.42. The van der Waals surface area contributed by atoms with Gasteiger partial charge in [0, 0.05) is 38.8 Å². The normalized spacial score (nSPS) is 11.3. The van der Waals surface area contributed by atoms with Crippen molar-refractivity contribution in [2.24, 2.45) is 9.98 Å². The zero-order valence-corrected chi connectivity index (χ0v) is 11.9. The Labute approximate surface area is 120 Å². The van der Waals surface area contributed by atoms with Crippen LogP contribution in [-0.4, -0.2) is 26.5 Å². The van der Waals surface area contributed by atoms with Crippen molar-refractivity contribution in [2.45, 2.75) is 6.54 Å². The number of hydrogen-bond acceptors (Lipinski definition) is 3. The number of nitrogens with zero attached hydrogens (tertiary/aromatic N) is 2. The van der Waals surface area contributed by atoms with Crippen molar-refractivity contribution in [3.05, 3.63) is 65.2 Å². The molecule has 2 aromatic rings. The lowest BCUT2D eigenvalue weighted by Crippen LogP contribution is -2.01. The summed E-state index contributed by atoms with van der Waals surface area (Å²) in [7, 11) is 3.55. The molecule has 0 fully saturated rings. The topological polar surface area (TPSA) is 36.8 Å². The second-order valence-corrected chi connectivity index (χ2v) is 4.50. The molecule has 3 heteroatoms. The van der Waals surface area contributed by atoms with E-state index in [1.165, 1.54) is 5.56 Å². The lowest BCUT2D eigenvalue weighted by Gasteiger charge is -2.09. The molecule has 2 aromatic carbocycles. The van der Waals surface area contributed by atoms with Gasteiger partial charge in [0.05, 0.1) is 0 Å². The van der Waals surface area contributed by atoms with Crippen LogP contribution in [0.15, 0.2) is 58.5 Å². The highest BCUT2D eigenvalue weighted by Gasteiger charge is 1.99. The van der Waals surface area contributed by atoms with Crippen LogP contribution in [0.4, 0.5) is 5.69 Å². The summed E-state index contributed by atoms with van der Waals surface area (Å²) in [5.74, 6) is 0. The van der Waals surface area contributed by atoms with Crippen molar-refractivity contribution < 1.29 is 0 Å². The summed E-state index contributed by atoms with van der Waals surface area (Å²) in [5, 5.41) is 3.44. The largest absolute Gasteiger partial charge is 0.381 e. The number of aliphatic imine (C=N–C) groups is 2. The maximum Gasteiger partial charge on any atom is 0.0400 e. The van der Waals surface area contributed by atoms with Crippen LogP contribution in [0, 0.1) is 0 Å². The molecule has 0 amide bonds. The monoisotopic (exact) mass is 265 g/mol. The van der Waals surface area contributed by atoms with Gasteiger partial charge in [0.15, 0.2) is 0 Å². The summed E-state index contributed by atoms with van der Waals surface area (Å²) in [6.07, 6.45) is 3.70. The number of hydrogen-bond donors (Lipinski definition) is 1. The molecular formula is C17H19N3. The SMILES string of the molecule is CN=Cc1cc(C=NC)cc(NCc2ccccc2)c1. The first-order chi connectivity index (χ1) is 9.81. The van der Waals surface area contributed by atoms with Crippen LogP contribution in [-0.2, 0) is 6.54 Å². The molecule has 0 aliphatic heterocycles. The van der Waals surface area contributed by atoms with Crippen molar-refractivity contribution in [2.75, 3.05) is 19.4 Å². The summed E-state index contributed by atoms with van der Waals surface area (Å²) >= 11 is 0. The Morgan fingerprint density at radius 2 is 1.50 bits per heavy atom. The Bertz CT molecular complexity index is 571. The van der Waals surface area contributed by atoms with Gasteiger partial charge in [-0.3, -0.25) is 9.98 Å². The molecule has 0 saturated heterocycles. The molecule has 1 N–H and O–H groups in total. The van der Waals surface area contributed by atoms with E-state index in [9.17, 15) is 0 Å². The fourth-order valence-corrected chi connectivity index (χ4v) is 2.03. The van der Waals surface area contributed by atoms with Gasteiger partial charge in [-0.1, -0.05) is 30.3 Å². The highest BCUT2D eigenvalue weighted by Crippen LogP contribution is 2.14. The van der Waals surface area contributed by atoms with Crippen molar-refractivity contribution in [3.8, 4) is 0 Å². The van der Waals surface area contributed by atoms with Crippen LogP contribution in [0.2, 0.25) is 0 Å². The molecule has 0 bridgehead atoms. The summed E-state index contributed by atoms with van der Waals surface area (Å²) in [4.78, 5) is 8.14. The zero-order valence-electron chi connectivity index (χ0n) is 11.9. The molecule has 0 radical (unpaired) electrons. The van der Waals surface area contributed by atoms with Crippen molar-refractivity contribution in [1.29, 1.82) is 0 Å². The van der Waals surface area contributed by atoms with E-state index in [0.29, 0.717) is 0 Å². The van der Waals surface area contributed by atoms with Crippen LogP contribution in [0.3, 0.4) is 0 Å². The fourth-order valence-electron chi connectivity index (χ4n) is 2.03. The Kier molecular flexibility index (Phi) is 5.07. The first-order valence-electron chi connectivity index (χ1n) is 6.59. The Morgan fingerprint density at radius 1 is 0.900 bits per heavy atom. The van der Waals surface area contributed by atoms with Crippen LogP contribution in [0.1, 0.15) is 16.7 Å². The Balaban J connectivity index is 2.17. The number of benzene rings is 2. The van der Waals surface area contributed by atoms with Gasteiger partial charge >= 0.3 is 0 Å². The Morgan fingerprint density at radius 3 is 2.05 bits per heavy atom. The van der Waals surface area contributed by atoms with E-state index < -0.39 is 0 Å². The van der Waals surface area contributed by atoms with Gasteiger partial charge in [0.1, 0.15) is 0 Å². The van der Waals surface area contributed by atoms with Gasteiger partial charge < -0.3 is 5.32 Å². The van der Waals surface area contributed by atoms with Crippen LogP contribution >= 0.6 is 0 Å². The maximum atomic E-state index is 4.07. The highest BCUT2D eigenvalue weighted by atomic mass is 14.9. The second kappa shape index (κ2) is 7.24. The predicted molar refractivity (Wildman–Crippen MR) is 87.2 cm³/mol. The summed E-state index contributed by atoms with van der Waals surface area (Å²) < 4.78 is 0. The predicted octanol–water partition coefficient (Wildman–Crippen LogP) is 3.40. The maximum absolute atomic E-state index is 4.07. The van der Waals surface area contributed by atoms with Crippen LogP contribution in [0.25, 0.3) is 0 Å². The minimum absolute atomic E-state index is 0.802. The molecular weight excluding hydrogens is 246 g/mol. The van der Waals surface area contributed by atoms with Gasteiger partial charge in [0.2, 0.25) is 0 Å². The molecule has 0 unspecified atom stereocenters. The van der Waals surface area contributed by atoms with Crippen molar-refractivity contribution >= 4 is 18.1 Å². The number of anilines is 1. The van der Waals surface area contributed by atoms with E-state index in [1.807, 2.05) is 30.6 Å². The van der Waals surface area contributed by atoms with Crippen molar-refractivity contribution in [3.63, 3.8) is 0 Å².